The van der Waals surface area contributed by atoms with Crippen molar-refractivity contribution in [3.8, 4) is 11.4 Å². The van der Waals surface area contributed by atoms with E-state index in [0.29, 0.717) is 44.1 Å². The van der Waals surface area contributed by atoms with Crippen molar-refractivity contribution < 1.29 is 33.4 Å². The third-order valence-corrected chi connectivity index (χ3v) is 6.80. The molecule has 0 atom stereocenters. The van der Waals surface area contributed by atoms with E-state index < -0.39 is 17.8 Å². The number of rotatable bonds is 6. The van der Waals surface area contributed by atoms with Crippen molar-refractivity contribution in [1.82, 2.24) is 9.97 Å². The molecular weight excluding hydrogens is 941 g/mol. The molecule has 0 saturated carbocycles. The average molecular weight is 980 g/mol. The Morgan fingerprint density at radius 1 is 0.698 bits per heavy atom. The molecule has 0 radical (unpaired) electrons. The Kier molecular flexibility index (Phi) is 19.5. The van der Waals surface area contributed by atoms with Crippen molar-refractivity contribution in [2.24, 2.45) is 11.5 Å². The number of halogens is 2. The van der Waals surface area contributed by atoms with Gasteiger partial charge < -0.3 is 44.1 Å². The number of aromatic nitrogens is 2. The number of hydrogen-bond donors (Lipinski definition) is 7. The van der Waals surface area contributed by atoms with Gasteiger partial charge in [-0.2, -0.15) is 0 Å². The Labute approximate surface area is 335 Å². The zero-order valence-corrected chi connectivity index (χ0v) is 34.1. The number of nitrogens with two attached hydrogens (primary N) is 6. The minimum atomic E-state index is -0.560. The number of ether oxygens (including phenoxy) is 1. The van der Waals surface area contributed by atoms with Gasteiger partial charge in [0.25, 0.3) is 11.8 Å². The number of amides is 2. The van der Waals surface area contributed by atoms with Gasteiger partial charge in [-0.1, -0.05) is 78.9 Å². The molecule has 0 saturated heterocycles. The summed E-state index contributed by atoms with van der Waals surface area (Å²) >= 11 is 4.74. The Morgan fingerprint density at radius 3 is 1.64 bits per heavy atom. The van der Waals surface area contributed by atoms with Crippen LogP contribution in [-0.4, -0.2) is 40.6 Å². The van der Waals surface area contributed by atoms with Gasteiger partial charge in [0, 0.05) is 11.1 Å². The van der Waals surface area contributed by atoms with Crippen LogP contribution in [0.3, 0.4) is 0 Å². The molecule has 13 nitrogen and oxygen atoms in total. The predicted molar refractivity (Wildman–Crippen MR) is 225 cm³/mol. The summed E-state index contributed by atoms with van der Waals surface area (Å²) in [6.07, 6.45) is 0.833. The normalized spacial score (nSPS) is 9.49. The molecule has 2 amide bonds. The molecule has 275 valence electrons. The number of benzene rings is 5. The molecule has 0 aliphatic heterocycles. The molecule has 0 aliphatic rings. The second-order valence-electron chi connectivity index (χ2n) is 10.3. The first-order valence-corrected chi connectivity index (χ1v) is 24.4. The molecule has 5 aromatic carbocycles. The first-order chi connectivity index (χ1) is 25.4. The van der Waals surface area contributed by atoms with Crippen LogP contribution in [0.15, 0.2) is 115 Å². The fraction of sp³-hybridized carbons (Fsp3) is 0.0541. The van der Waals surface area contributed by atoms with Crippen molar-refractivity contribution >= 4 is 97.8 Å². The topological polar surface area (TPSA) is 262 Å². The molecule has 53 heavy (non-hydrogen) atoms. The second-order valence-corrected chi connectivity index (χ2v) is 22.1. The summed E-state index contributed by atoms with van der Waals surface area (Å²) in [4.78, 5) is 50.9. The molecule has 16 heteroatoms. The van der Waals surface area contributed by atoms with E-state index in [-0.39, 0.29) is 16.9 Å². The Balaban J connectivity index is 0.000000248. The molecule has 0 aliphatic carbocycles. The van der Waals surface area contributed by atoms with Crippen LogP contribution in [-0.2, 0) is 14.2 Å². The van der Waals surface area contributed by atoms with Crippen LogP contribution in [0.25, 0.3) is 22.4 Å². The van der Waals surface area contributed by atoms with Crippen molar-refractivity contribution in [3.05, 3.63) is 138 Å². The predicted octanol–water partition coefficient (Wildman–Crippen LogP) is 6.57. The number of fused-ring (bicyclic) bond motifs is 1. The fourth-order valence-corrected chi connectivity index (χ4v) is 4.26. The van der Waals surface area contributed by atoms with E-state index in [0.717, 1.165) is 28.8 Å². The third-order valence-electron chi connectivity index (χ3n) is 6.80. The number of nitrogens with zero attached hydrogens (tertiary/aromatic N) is 1. The molecule has 13 N–H and O–H groups in total. The van der Waals surface area contributed by atoms with E-state index in [2.05, 4.69) is 49.9 Å². The number of nitrogens with one attached hydrogen (secondary N) is 1. The Bertz CT molecular complexity index is 2100. The van der Waals surface area contributed by atoms with Crippen LogP contribution in [0.4, 0.5) is 22.7 Å². The zero-order valence-electron chi connectivity index (χ0n) is 28.4. The number of imidazole rings is 1. The van der Waals surface area contributed by atoms with E-state index in [1.165, 1.54) is 6.07 Å². The molecule has 1 aromatic heterocycles. The molecular formula is C37H38I2N8O5V. The number of carbonyl (C=O) groups excluding carboxylic acids is 4. The van der Waals surface area contributed by atoms with Crippen LogP contribution >= 0.6 is 40.0 Å². The van der Waals surface area contributed by atoms with Gasteiger partial charge in [-0.25, -0.2) is 9.78 Å². The van der Waals surface area contributed by atoms with Crippen molar-refractivity contribution in [2.75, 3.05) is 29.5 Å². The number of anilines is 4. The quantitative estimate of drug-likeness (QED) is 0.0408. The van der Waals surface area contributed by atoms with E-state index in [1.807, 2.05) is 54.6 Å². The first kappa shape index (κ1) is 44.1. The van der Waals surface area contributed by atoms with E-state index in [9.17, 15) is 19.2 Å². The second kappa shape index (κ2) is 23.5. The Hall–Kier alpha value is -5.11. The molecule has 6 rings (SSSR count). The van der Waals surface area contributed by atoms with E-state index in [1.54, 1.807) is 61.5 Å². The molecule has 0 unspecified atom stereocenters. The number of aldehydes is 1. The van der Waals surface area contributed by atoms with Crippen LogP contribution in [0.5, 0.6) is 0 Å². The molecule has 0 fully saturated rings. The summed E-state index contributed by atoms with van der Waals surface area (Å²) in [6.45, 7) is 2.06. The SMILES string of the molecule is CCOC(=O)c1cccc(N)c1N.NC(=O)c1cccc(N)c1N.NC(=O)c1cccc2[nH]c(-c3ccccc3)nc12.O=Cc1ccccc1.[I][V][I]. The van der Waals surface area contributed by atoms with Gasteiger partial charge in [0.15, 0.2) is 0 Å². The van der Waals surface area contributed by atoms with Crippen molar-refractivity contribution in [3.63, 3.8) is 0 Å². The number of para-hydroxylation sites is 3. The number of H-pyrrole nitrogens is 1. The van der Waals surface area contributed by atoms with Gasteiger partial charge in [0.2, 0.25) is 0 Å². The van der Waals surface area contributed by atoms with Crippen LogP contribution in [0.2, 0.25) is 0 Å². The van der Waals surface area contributed by atoms with Crippen molar-refractivity contribution in [2.45, 2.75) is 6.92 Å². The maximum absolute atomic E-state index is 11.3. The summed E-state index contributed by atoms with van der Waals surface area (Å²) in [7, 11) is 0.628. The first-order valence-electron chi connectivity index (χ1n) is 15.4. The van der Waals surface area contributed by atoms with Crippen LogP contribution in [0.1, 0.15) is 48.4 Å². The summed E-state index contributed by atoms with van der Waals surface area (Å²) in [5.41, 5.74) is 37.8. The standard InChI is InChI=1S/C14H11N3O.C9H12N2O2.C7H9N3O.C7H6O.2HI.V/c15-13(18)10-7-4-8-11-12(10)17-14(16-11)9-5-2-1-3-6-9;1-2-13-9(12)6-4-3-5-7(10)8(6)11;8-5-3-1-2-4(6(5)9)7(10)11;8-6-7-4-2-1-3-5-7;;;/h1-8H,(H2,15,18)(H,16,17);3-5H,2,10-11H2,1H3;1-3H,8-9H2,(H2,10,11);1-6H;2*1H;/q;;;;;;+2/p-2. The zero-order chi connectivity index (χ0) is 39.3. The summed E-state index contributed by atoms with van der Waals surface area (Å²) in [5, 5.41) is 0. The molecule has 6 aromatic rings. The van der Waals surface area contributed by atoms with Gasteiger partial charge in [-0.3, -0.25) is 14.4 Å². The molecule has 0 spiro atoms. The number of carbonyl (C=O) groups is 4. The van der Waals surface area contributed by atoms with Gasteiger partial charge in [-0.05, 0) is 43.3 Å². The van der Waals surface area contributed by atoms with E-state index in [4.69, 9.17) is 39.1 Å². The Morgan fingerprint density at radius 2 is 1.17 bits per heavy atom. The van der Waals surface area contributed by atoms with Crippen LogP contribution < -0.4 is 34.4 Å². The van der Waals surface area contributed by atoms with Crippen LogP contribution in [0, 0.1) is 0 Å². The van der Waals surface area contributed by atoms with Gasteiger partial charge in [0.1, 0.15) is 17.6 Å². The van der Waals surface area contributed by atoms with Gasteiger partial charge >= 0.3 is 55.4 Å². The maximum atomic E-state index is 11.3. The van der Waals surface area contributed by atoms with E-state index >= 15 is 0 Å². The average Bonchev–Trinajstić information content (AvgIpc) is 3.60. The number of primary amides is 2. The number of hydrogen-bond acceptors (Lipinski definition) is 10. The fourth-order valence-electron chi connectivity index (χ4n) is 4.26. The molecule has 1 heterocycles. The van der Waals surface area contributed by atoms with Gasteiger partial charge in [0.05, 0.1) is 51.6 Å². The molecule has 0 bridgehead atoms. The number of nitrogen functional groups attached to an aromatic ring is 4. The third kappa shape index (κ3) is 14.1. The minimum absolute atomic E-state index is 0.250. The summed E-state index contributed by atoms with van der Waals surface area (Å²) in [6, 6.07) is 33.9. The number of aromatic amines is 1. The summed E-state index contributed by atoms with van der Waals surface area (Å²) in [5.74, 6) is -0.729. The number of esters is 1. The summed E-state index contributed by atoms with van der Waals surface area (Å²) < 4.78 is 4.79. The monoisotopic (exact) mass is 979 g/mol. The van der Waals surface area contributed by atoms with Gasteiger partial charge in [-0.15, -0.1) is 0 Å². The van der Waals surface area contributed by atoms with Crippen molar-refractivity contribution in [1.29, 1.82) is 0 Å².